The van der Waals surface area contributed by atoms with Gasteiger partial charge in [0.2, 0.25) is 0 Å². The molecule has 0 unspecified atom stereocenters. The van der Waals surface area contributed by atoms with Gasteiger partial charge in [-0.25, -0.2) is 0 Å². The third-order valence-corrected chi connectivity index (χ3v) is 2.77. The Morgan fingerprint density at radius 2 is 1.94 bits per heavy atom. The summed E-state index contributed by atoms with van der Waals surface area (Å²) in [7, 11) is 0. The van der Waals surface area contributed by atoms with Gasteiger partial charge < -0.3 is 0 Å². The van der Waals surface area contributed by atoms with E-state index in [2.05, 4.69) is 0 Å². The minimum Gasteiger partial charge on any atom is -0.294 e. The molecular formula is C9H5F3INO3. The first-order valence-electron chi connectivity index (χ1n) is 4.20. The standard InChI is InChI=1S/C9H5F3INO3/c1-4(15)6-2-5(9(10,11)12)3-7(13)8(6)14(16)17/h2-3H,1H3. The van der Waals surface area contributed by atoms with E-state index in [-0.39, 0.29) is 3.57 Å². The van der Waals surface area contributed by atoms with Crippen LogP contribution in [0.4, 0.5) is 18.9 Å². The molecule has 0 bridgehead atoms. The van der Waals surface area contributed by atoms with Crippen molar-refractivity contribution in [3.8, 4) is 0 Å². The fourth-order valence-electron chi connectivity index (χ4n) is 1.22. The van der Waals surface area contributed by atoms with Crippen LogP contribution in [0.1, 0.15) is 22.8 Å². The summed E-state index contributed by atoms with van der Waals surface area (Å²) in [5.74, 6) is -0.777. The van der Waals surface area contributed by atoms with Gasteiger partial charge in [-0.2, -0.15) is 13.2 Å². The van der Waals surface area contributed by atoms with Crippen molar-refractivity contribution in [2.75, 3.05) is 0 Å². The molecule has 0 aliphatic heterocycles. The molecule has 92 valence electrons. The van der Waals surface area contributed by atoms with Gasteiger partial charge in [0.25, 0.3) is 5.69 Å². The molecule has 0 aliphatic rings. The number of rotatable bonds is 2. The molecule has 0 atom stereocenters. The molecule has 1 aromatic carbocycles. The maximum absolute atomic E-state index is 12.5. The number of hydrogen-bond acceptors (Lipinski definition) is 3. The van der Waals surface area contributed by atoms with Crippen LogP contribution in [0.25, 0.3) is 0 Å². The number of nitro groups is 1. The summed E-state index contributed by atoms with van der Waals surface area (Å²) in [6.45, 7) is 0.985. The molecule has 8 heteroatoms. The summed E-state index contributed by atoms with van der Waals surface area (Å²) in [6, 6.07) is 1.15. The van der Waals surface area contributed by atoms with Crippen molar-refractivity contribution >= 4 is 34.1 Å². The van der Waals surface area contributed by atoms with Gasteiger partial charge in [-0.3, -0.25) is 14.9 Å². The highest BCUT2D eigenvalue weighted by Gasteiger charge is 2.34. The first kappa shape index (κ1) is 13.9. The third kappa shape index (κ3) is 2.93. The highest BCUT2D eigenvalue weighted by molar-refractivity contribution is 14.1. The Kier molecular flexibility index (Phi) is 3.74. The fraction of sp³-hybridized carbons (Fsp3) is 0.222. The fourth-order valence-corrected chi connectivity index (χ4v) is 2.04. The lowest BCUT2D eigenvalue weighted by molar-refractivity contribution is -0.386. The zero-order chi connectivity index (χ0) is 13.4. The van der Waals surface area contributed by atoms with Crippen molar-refractivity contribution in [3.63, 3.8) is 0 Å². The highest BCUT2D eigenvalue weighted by atomic mass is 127. The van der Waals surface area contributed by atoms with Crippen molar-refractivity contribution in [1.82, 2.24) is 0 Å². The van der Waals surface area contributed by atoms with Crippen LogP contribution in [0.2, 0.25) is 0 Å². The van der Waals surface area contributed by atoms with E-state index in [1.165, 1.54) is 22.6 Å². The Hall–Kier alpha value is -1.19. The predicted octanol–water partition coefficient (Wildman–Crippen LogP) is 3.42. The van der Waals surface area contributed by atoms with E-state index < -0.39 is 33.7 Å². The Labute approximate surface area is 107 Å². The number of halogens is 4. The molecule has 1 aromatic rings. The minimum absolute atomic E-state index is 0.215. The number of alkyl halides is 3. The lowest BCUT2D eigenvalue weighted by Crippen LogP contribution is -2.10. The summed E-state index contributed by atoms with van der Waals surface area (Å²) in [4.78, 5) is 20.9. The quantitative estimate of drug-likeness (QED) is 0.352. The van der Waals surface area contributed by atoms with E-state index in [0.717, 1.165) is 6.92 Å². The van der Waals surface area contributed by atoms with Gasteiger partial charge in [0.05, 0.1) is 19.6 Å². The van der Waals surface area contributed by atoms with Crippen molar-refractivity contribution < 1.29 is 22.9 Å². The minimum atomic E-state index is -4.64. The second kappa shape index (κ2) is 4.59. The number of carbonyl (C=O) groups excluding carboxylic acids is 1. The molecule has 0 radical (unpaired) electrons. The lowest BCUT2D eigenvalue weighted by Gasteiger charge is -2.09. The highest BCUT2D eigenvalue weighted by Crippen LogP contribution is 2.35. The second-order valence-electron chi connectivity index (χ2n) is 3.17. The van der Waals surface area contributed by atoms with Crippen molar-refractivity contribution in [2.24, 2.45) is 0 Å². The zero-order valence-electron chi connectivity index (χ0n) is 8.34. The van der Waals surface area contributed by atoms with Gasteiger partial charge >= 0.3 is 6.18 Å². The molecule has 0 aliphatic carbocycles. The van der Waals surface area contributed by atoms with Crippen LogP contribution in [0.5, 0.6) is 0 Å². The Morgan fingerprint density at radius 1 is 1.41 bits per heavy atom. The number of nitrogens with zero attached hydrogens (tertiary/aromatic N) is 1. The van der Waals surface area contributed by atoms with E-state index in [1.807, 2.05) is 0 Å². The first-order chi connectivity index (χ1) is 7.64. The van der Waals surface area contributed by atoms with E-state index in [4.69, 9.17) is 0 Å². The molecule has 0 saturated carbocycles. The van der Waals surface area contributed by atoms with Gasteiger partial charge in [0.15, 0.2) is 5.78 Å². The third-order valence-electron chi connectivity index (χ3n) is 1.95. The number of Topliss-reactive ketones (excluding diaryl/α,β-unsaturated/α-hetero) is 1. The molecule has 17 heavy (non-hydrogen) atoms. The topological polar surface area (TPSA) is 60.2 Å². The second-order valence-corrected chi connectivity index (χ2v) is 4.33. The largest absolute Gasteiger partial charge is 0.416 e. The van der Waals surface area contributed by atoms with Crippen LogP contribution in [-0.2, 0) is 6.18 Å². The van der Waals surface area contributed by atoms with Crippen LogP contribution in [0.3, 0.4) is 0 Å². The lowest BCUT2D eigenvalue weighted by atomic mass is 10.1. The Morgan fingerprint density at radius 3 is 2.29 bits per heavy atom. The molecule has 0 fully saturated rings. The van der Waals surface area contributed by atoms with Gasteiger partial charge in [-0.05, 0) is 41.6 Å². The zero-order valence-corrected chi connectivity index (χ0v) is 10.5. The van der Waals surface area contributed by atoms with Crippen molar-refractivity contribution in [1.29, 1.82) is 0 Å². The molecule has 4 nitrogen and oxygen atoms in total. The summed E-state index contributed by atoms with van der Waals surface area (Å²) >= 11 is 1.41. The molecular weight excluding hydrogens is 354 g/mol. The average Bonchev–Trinajstić information content (AvgIpc) is 2.13. The molecule has 0 saturated heterocycles. The van der Waals surface area contributed by atoms with Gasteiger partial charge in [0.1, 0.15) is 0 Å². The average molecular weight is 359 g/mol. The number of nitro benzene ring substituents is 1. The molecule has 0 N–H and O–H groups in total. The number of benzene rings is 1. The number of hydrogen-bond donors (Lipinski definition) is 0. The van der Waals surface area contributed by atoms with Crippen LogP contribution in [-0.4, -0.2) is 10.7 Å². The van der Waals surface area contributed by atoms with Crippen LogP contribution in [0, 0.1) is 13.7 Å². The summed E-state index contributed by atoms with van der Waals surface area (Å²) in [6.07, 6.45) is -4.64. The maximum Gasteiger partial charge on any atom is 0.416 e. The van der Waals surface area contributed by atoms with Gasteiger partial charge in [0, 0.05) is 0 Å². The molecule has 0 spiro atoms. The van der Waals surface area contributed by atoms with Crippen molar-refractivity contribution in [2.45, 2.75) is 13.1 Å². The SMILES string of the molecule is CC(=O)c1cc(C(F)(F)F)cc(I)c1[N+](=O)[O-]. The number of ketones is 1. The van der Waals surface area contributed by atoms with E-state index in [0.29, 0.717) is 12.1 Å². The normalized spacial score (nSPS) is 11.4. The summed E-state index contributed by atoms with van der Waals surface area (Å²) in [5, 5.41) is 10.7. The van der Waals surface area contributed by atoms with Crippen LogP contribution < -0.4 is 0 Å². The Balaban J connectivity index is 3.58. The Bertz CT molecular complexity index is 499. The van der Waals surface area contributed by atoms with Crippen LogP contribution >= 0.6 is 22.6 Å². The molecule has 0 aromatic heterocycles. The molecule has 0 heterocycles. The smallest absolute Gasteiger partial charge is 0.294 e. The van der Waals surface area contributed by atoms with E-state index in [1.54, 1.807) is 0 Å². The predicted molar refractivity (Wildman–Crippen MR) is 60.8 cm³/mol. The monoisotopic (exact) mass is 359 g/mol. The van der Waals surface area contributed by atoms with Crippen molar-refractivity contribution in [3.05, 3.63) is 36.9 Å². The van der Waals surface area contributed by atoms with Gasteiger partial charge in [-0.15, -0.1) is 0 Å². The molecule has 1 rings (SSSR count). The molecule has 0 amide bonds. The summed E-state index contributed by atoms with van der Waals surface area (Å²) < 4.78 is 37.2. The first-order valence-corrected chi connectivity index (χ1v) is 5.28. The van der Waals surface area contributed by atoms with E-state index in [9.17, 15) is 28.1 Å². The maximum atomic E-state index is 12.5. The van der Waals surface area contributed by atoms with E-state index >= 15 is 0 Å². The number of carbonyl (C=O) groups is 1. The van der Waals surface area contributed by atoms with Crippen LogP contribution in [0.15, 0.2) is 12.1 Å². The van der Waals surface area contributed by atoms with Gasteiger partial charge in [-0.1, -0.05) is 0 Å². The summed E-state index contributed by atoms with van der Waals surface area (Å²) in [5.41, 5.74) is -2.20.